The molecule has 0 aromatic heterocycles. The van der Waals surface area contributed by atoms with E-state index in [2.05, 4.69) is 15.9 Å². The van der Waals surface area contributed by atoms with Crippen LogP contribution in [-0.4, -0.2) is 16.5 Å². The van der Waals surface area contributed by atoms with Crippen LogP contribution < -0.4 is 0 Å². The molecule has 4 saturated carbocycles. The molecule has 1 aromatic carbocycles. The number of ketones is 1. The van der Waals surface area contributed by atoms with Gasteiger partial charge in [0, 0.05) is 10.9 Å². The summed E-state index contributed by atoms with van der Waals surface area (Å²) >= 11 is 3.22. The number of rotatable bonds is 3. The number of Topliss-reactive ketones (excluding diaryl/α,β-unsaturated/α-hetero) is 1. The van der Waals surface area contributed by atoms with Crippen LogP contribution in [0, 0.1) is 29.5 Å². The average molecular weight is 367 g/mol. The van der Waals surface area contributed by atoms with Gasteiger partial charge in [0.05, 0.1) is 11.2 Å². The first-order valence-corrected chi connectivity index (χ1v) is 8.93. The van der Waals surface area contributed by atoms with Crippen LogP contribution >= 0.6 is 15.9 Å². The van der Waals surface area contributed by atoms with Crippen molar-refractivity contribution in [2.45, 2.75) is 44.1 Å². The van der Waals surface area contributed by atoms with Crippen LogP contribution in [-0.2, 0) is 0 Å². The van der Waals surface area contributed by atoms with Crippen LogP contribution in [0.2, 0.25) is 0 Å². The Morgan fingerprint density at radius 1 is 1.27 bits per heavy atom. The minimum Gasteiger partial charge on any atom is -0.390 e. The predicted octanol–water partition coefficient (Wildman–Crippen LogP) is 4.35. The topological polar surface area (TPSA) is 37.3 Å². The summed E-state index contributed by atoms with van der Waals surface area (Å²) in [5.74, 6) is 1.32. The van der Waals surface area contributed by atoms with Gasteiger partial charge in [-0.2, -0.15) is 0 Å². The highest BCUT2D eigenvalue weighted by Gasteiger charge is 2.54. The Hall–Kier alpha value is -0.740. The zero-order valence-electron chi connectivity index (χ0n) is 12.4. The lowest BCUT2D eigenvalue weighted by Crippen LogP contribution is -2.54. The molecule has 0 amide bonds. The van der Waals surface area contributed by atoms with E-state index in [-0.39, 0.29) is 11.3 Å². The third-order valence-electron chi connectivity index (χ3n) is 6.09. The third-order valence-corrected chi connectivity index (χ3v) is 6.58. The first-order chi connectivity index (χ1) is 10.4. The molecule has 1 N–H and O–H groups in total. The molecule has 4 aliphatic carbocycles. The fraction of sp³-hybridized carbons (Fsp3) is 0.611. The quantitative estimate of drug-likeness (QED) is 0.807. The van der Waals surface area contributed by atoms with Crippen LogP contribution in [0.15, 0.2) is 22.7 Å². The van der Waals surface area contributed by atoms with E-state index in [1.54, 1.807) is 12.1 Å². The van der Waals surface area contributed by atoms with Gasteiger partial charge in [-0.25, -0.2) is 4.39 Å². The van der Waals surface area contributed by atoms with Crippen molar-refractivity contribution >= 4 is 21.7 Å². The zero-order chi connectivity index (χ0) is 15.5. The van der Waals surface area contributed by atoms with Crippen molar-refractivity contribution < 1.29 is 14.3 Å². The maximum Gasteiger partial charge on any atom is 0.166 e. The molecular weight excluding hydrogens is 347 g/mol. The molecule has 2 atom stereocenters. The Morgan fingerprint density at radius 3 is 2.55 bits per heavy atom. The van der Waals surface area contributed by atoms with E-state index < -0.39 is 11.4 Å². The van der Waals surface area contributed by atoms with Gasteiger partial charge in [-0.3, -0.25) is 4.79 Å². The molecule has 118 valence electrons. The lowest BCUT2D eigenvalue weighted by molar-refractivity contribution is -0.151. The molecule has 1 aromatic rings. The van der Waals surface area contributed by atoms with Crippen molar-refractivity contribution in [1.29, 1.82) is 0 Å². The minimum absolute atomic E-state index is 0.0885. The van der Waals surface area contributed by atoms with Crippen molar-refractivity contribution in [3.8, 4) is 0 Å². The van der Waals surface area contributed by atoms with Gasteiger partial charge in [0.2, 0.25) is 0 Å². The average Bonchev–Trinajstić information content (AvgIpc) is 2.40. The second kappa shape index (κ2) is 5.13. The van der Waals surface area contributed by atoms with Gasteiger partial charge in [-0.05, 0) is 74.0 Å². The van der Waals surface area contributed by atoms with Gasteiger partial charge >= 0.3 is 0 Å². The lowest BCUT2D eigenvalue weighted by Gasteiger charge is -2.58. The maximum absolute atomic E-state index is 14.0. The molecule has 4 heteroatoms. The number of aliphatic hydroxyl groups is 1. The molecule has 4 aliphatic rings. The summed E-state index contributed by atoms with van der Waals surface area (Å²) in [6.45, 7) is 0. The summed E-state index contributed by atoms with van der Waals surface area (Å²) in [5.41, 5.74) is -0.269. The maximum atomic E-state index is 14.0. The highest BCUT2D eigenvalue weighted by Crippen LogP contribution is 2.59. The molecule has 0 radical (unpaired) electrons. The number of hydrogen-bond donors (Lipinski definition) is 1. The Balaban J connectivity index is 1.53. The van der Waals surface area contributed by atoms with Crippen molar-refractivity contribution in [1.82, 2.24) is 0 Å². The minimum atomic E-state index is -0.473. The van der Waals surface area contributed by atoms with Gasteiger partial charge < -0.3 is 5.11 Å². The zero-order valence-corrected chi connectivity index (χ0v) is 14.0. The Labute approximate surface area is 138 Å². The molecule has 0 saturated heterocycles. The molecule has 0 heterocycles. The fourth-order valence-electron chi connectivity index (χ4n) is 5.46. The van der Waals surface area contributed by atoms with E-state index >= 15 is 0 Å². The molecule has 2 unspecified atom stereocenters. The largest absolute Gasteiger partial charge is 0.390 e. The standard InChI is InChI=1S/C18H20BrFO2/c19-13-1-2-14(16(20)5-13)17(21)6-15-11-3-10-4-12(15)9-18(22,7-10)8-11/h1-2,5,10-12,15,22H,3-4,6-9H2. The number of benzene rings is 1. The first kappa shape index (κ1) is 14.8. The van der Waals surface area contributed by atoms with Crippen LogP contribution in [0.1, 0.15) is 48.9 Å². The predicted molar refractivity (Wildman–Crippen MR) is 85.0 cm³/mol. The number of carbonyl (C=O) groups is 1. The molecule has 4 bridgehead atoms. The van der Waals surface area contributed by atoms with Crippen molar-refractivity contribution in [2.75, 3.05) is 0 Å². The summed E-state index contributed by atoms with van der Waals surface area (Å²) in [5, 5.41) is 10.6. The lowest BCUT2D eigenvalue weighted by atomic mass is 9.49. The summed E-state index contributed by atoms with van der Waals surface area (Å²) < 4.78 is 14.6. The Bertz CT molecular complexity index is 614. The summed E-state index contributed by atoms with van der Waals surface area (Å²) in [4.78, 5) is 12.5. The Kier molecular flexibility index (Phi) is 3.46. The molecular formula is C18H20BrFO2. The van der Waals surface area contributed by atoms with E-state index in [0.717, 1.165) is 32.1 Å². The monoisotopic (exact) mass is 366 g/mol. The molecule has 4 fully saturated rings. The second-order valence-corrected chi connectivity index (χ2v) is 8.53. The van der Waals surface area contributed by atoms with Gasteiger partial charge in [0.15, 0.2) is 5.78 Å². The van der Waals surface area contributed by atoms with Gasteiger partial charge in [-0.1, -0.05) is 15.9 Å². The second-order valence-electron chi connectivity index (χ2n) is 7.61. The van der Waals surface area contributed by atoms with Crippen LogP contribution in [0.4, 0.5) is 4.39 Å². The van der Waals surface area contributed by atoms with Crippen molar-refractivity contribution in [3.05, 3.63) is 34.1 Å². The molecule has 22 heavy (non-hydrogen) atoms. The summed E-state index contributed by atoms with van der Waals surface area (Å²) in [7, 11) is 0. The fourth-order valence-corrected chi connectivity index (χ4v) is 5.79. The van der Waals surface area contributed by atoms with Crippen LogP contribution in [0.3, 0.4) is 0 Å². The van der Waals surface area contributed by atoms with Crippen molar-refractivity contribution in [2.24, 2.45) is 23.7 Å². The SMILES string of the molecule is O=C(CC1C2CC3CC1CC(O)(C3)C2)c1ccc(Br)cc1F. The van der Waals surface area contributed by atoms with Crippen molar-refractivity contribution in [3.63, 3.8) is 0 Å². The summed E-state index contributed by atoms with van der Waals surface area (Å²) in [6, 6.07) is 4.65. The smallest absolute Gasteiger partial charge is 0.166 e. The third kappa shape index (κ3) is 2.44. The Morgan fingerprint density at radius 2 is 1.95 bits per heavy atom. The van der Waals surface area contributed by atoms with E-state index in [4.69, 9.17) is 0 Å². The van der Waals surface area contributed by atoms with Crippen LogP contribution in [0.25, 0.3) is 0 Å². The van der Waals surface area contributed by atoms with Crippen LogP contribution in [0.5, 0.6) is 0 Å². The highest BCUT2D eigenvalue weighted by molar-refractivity contribution is 9.10. The number of hydrogen-bond acceptors (Lipinski definition) is 2. The molecule has 2 nitrogen and oxygen atoms in total. The van der Waals surface area contributed by atoms with Gasteiger partial charge in [0.25, 0.3) is 0 Å². The first-order valence-electron chi connectivity index (χ1n) is 8.14. The number of carbonyl (C=O) groups excluding carboxylic acids is 1. The molecule has 0 spiro atoms. The van der Waals surface area contributed by atoms with E-state index in [1.807, 2.05) is 0 Å². The molecule has 5 rings (SSSR count). The van der Waals surface area contributed by atoms with Gasteiger partial charge in [0.1, 0.15) is 5.82 Å². The normalized spacial score (nSPS) is 39.2. The highest BCUT2D eigenvalue weighted by atomic mass is 79.9. The number of halogens is 2. The summed E-state index contributed by atoms with van der Waals surface area (Å²) in [6.07, 6.45) is 5.32. The van der Waals surface area contributed by atoms with E-state index in [1.165, 1.54) is 6.07 Å². The van der Waals surface area contributed by atoms with E-state index in [0.29, 0.717) is 34.6 Å². The van der Waals surface area contributed by atoms with Gasteiger partial charge in [-0.15, -0.1) is 0 Å². The molecule has 0 aliphatic heterocycles. The van der Waals surface area contributed by atoms with E-state index in [9.17, 15) is 14.3 Å².